The monoisotopic (exact) mass is 408 g/mol. The number of hydrogen-bond acceptors (Lipinski definition) is 5. The molecule has 0 bridgehead atoms. The number of benzene rings is 2. The lowest BCUT2D eigenvalue weighted by atomic mass is 10.1. The van der Waals surface area contributed by atoms with Crippen LogP contribution in [0, 0.1) is 20.8 Å². The molecule has 150 valence electrons. The minimum absolute atomic E-state index is 0.0312. The van der Waals surface area contributed by atoms with E-state index < -0.39 is 12.1 Å². The van der Waals surface area contributed by atoms with Crippen LogP contribution in [0.25, 0.3) is 10.6 Å². The number of aromatic nitrogens is 1. The number of aryl methyl sites for hydroxylation is 3. The van der Waals surface area contributed by atoms with Gasteiger partial charge in [-0.05, 0) is 45.4 Å². The van der Waals surface area contributed by atoms with Crippen molar-refractivity contribution in [2.24, 2.45) is 0 Å². The second-order valence-corrected chi connectivity index (χ2v) is 7.99. The second-order valence-electron chi connectivity index (χ2n) is 7.13. The molecule has 0 spiro atoms. The highest BCUT2D eigenvalue weighted by Crippen LogP contribution is 2.24. The van der Waals surface area contributed by atoms with Crippen molar-refractivity contribution in [3.05, 3.63) is 70.2 Å². The van der Waals surface area contributed by atoms with Gasteiger partial charge in [0.25, 0.3) is 5.91 Å². The van der Waals surface area contributed by atoms with Crippen molar-refractivity contribution < 1.29 is 14.3 Å². The summed E-state index contributed by atoms with van der Waals surface area (Å²) in [7, 11) is 0. The lowest BCUT2D eigenvalue weighted by Crippen LogP contribution is -2.30. The summed E-state index contributed by atoms with van der Waals surface area (Å²) >= 11 is 1.48. The molecule has 0 aliphatic rings. The van der Waals surface area contributed by atoms with E-state index in [0.717, 1.165) is 27.3 Å². The van der Waals surface area contributed by atoms with Crippen LogP contribution < -0.4 is 5.32 Å². The predicted octanol–water partition coefficient (Wildman–Crippen LogP) is 4.85. The van der Waals surface area contributed by atoms with E-state index >= 15 is 0 Å². The van der Waals surface area contributed by atoms with Crippen LogP contribution in [-0.4, -0.2) is 23.0 Å². The number of hydrogen-bond donors (Lipinski definition) is 1. The Morgan fingerprint density at radius 3 is 2.59 bits per heavy atom. The van der Waals surface area contributed by atoms with Gasteiger partial charge in [-0.1, -0.05) is 41.5 Å². The van der Waals surface area contributed by atoms with Gasteiger partial charge < -0.3 is 10.1 Å². The maximum absolute atomic E-state index is 12.4. The number of carbonyl (C=O) groups excluding carboxylic acids is 2. The highest BCUT2D eigenvalue weighted by molar-refractivity contribution is 7.13. The molecule has 3 rings (SSSR count). The zero-order valence-corrected chi connectivity index (χ0v) is 17.8. The number of anilines is 1. The average Bonchev–Trinajstić information content (AvgIpc) is 3.12. The van der Waals surface area contributed by atoms with E-state index in [1.807, 2.05) is 62.5 Å². The highest BCUT2D eigenvalue weighted by Gasteiger charge is 2.19. The number of carbonyl (C=O) groups is 2. The van der Waals surface area contributed by atoms with Gasteiger partial charge in [0.2, 0.25) is 0 Å². The van der Waals surface area contributed by atoms with Gasteiger partial charge in [-0.3, -0.25) is 9.59 Å². The summed E-state index contributed by atoms with van der Waals surface area (Å²) in [5.74, 6) is -0.835. The first kappa shape index (κ1) is 20.7. The average molecular weight is 409 g/mol. The molecule has 0 radical (unpaired) electrons. The number of nitrogens with zero attached hydrogens (tertiary/aromatic N) is 1. The van der Waals surface area contributed by atoms with Crippen LogP contribution in [0.5, 0.6) is 0 Å². The third kappa shape index (κ3) is 5.51. The van der Waals surface area contributed by atoms with E-state index in [1.165, 1.54) is 11.3 Å². The fourth-order valence-electron chi connectivity index (χ4n) is 2.93. The molecule has 1 atom stereocenters. The smallest absolute Gasteiger partial charge is 0.312 e. The first-order valence-corrected chi connectivity index (χ1v) is 10.3. The topological polar surface area (TPSA) is 68.3 Å². The van der Waals surface area contributed by atoms with Crippen molar-refractivity contribution in [2.45, 2.75) is 40.2 Å². The Morgan fingerprint density at radius 2 is 1.86 bits per heavy atom. The van der Waals surface area contributed by atoms with Crippen LogP contribution >= 0.6 is 11.3 Å². The zero-order valence-electron chi connectivity index (χ0n) is 17.0. The van der Waals surface area contributed by atoms with Gasteiger partial charge >= 0.3 is 5.97 Å². The largest absolute Gasteiger partial charge is 0.452 e. The van der Waals surface area contributed by atoms with E-state index in [2.05, 4.69) is 16.4 Å². The number of rotatable bonds is 6. The lowest BCUT2D eigenvalue weighted by Gasteiger charge is -2.14. The Bertz CT molecular complexity index is 1040. The fraction of sp³-hybridized carbons (Fsp3) is 0.261. The molecule has 1 N–H and O–H groups in total. The van der Waals surface area contributed by atoms with E-state index in [1.54, 1.807) is 6.92 Å². The molecule has 0 saturated carbocycles. The maximum Gasteiger partial charge on any atom is 0.312 e. The Kier molecular flexibility index (Phi) is 6.44. The fourth-order valence-corrected chi connectivity index (χ4v) is 3.74. The first-order valence-electron chi connectivity index (χ1n) is 9.41. The first-order chi connectivity index (χ1) is 13.8. The molecule has 0 unspecified atom stereocenters. The molecule has 1 aromatic heterocycles. The Hall–Kier alpha value is -2.99. The van der Waals surface area contributed by atoms with Gasteiger partial charge in [-0.2, -0.15) is 0 Å². The van der Waals surface area contributed by atoms with Crippen LogP contribution in [-0.2, 0) is 20.7 Å². The Morgan fingerprint density at radius 1 is 1.10 bits per heavy atom. The molecular weight excluding hydrogens is 384 g/mol. The quantitative estimate of drug-likeness (QED) is 0.592. The number of nitrogens with one attached hydrogen (secondary N) is 1. The highest BCUT2D eigenvalue weighted by atomic mass is 32.1. The SMILES string of the molecule is Cc1cccc(-c2nc(CC(=O)O[C@H](C)C(=O)Nc3ccc(C)cc3C)cs2)c1. The summed E-state index contributed by atoms with van der Waals surface area (Å²) in [5, 5.41) is 5.51. The van der Waals surface area contributed by atoms with Gasteiger partial charge in [-0.25, -0.2) is 4.98 Å². The maximum atomic E-state index is 12.4. The summed E-state index contributed by atoms with van der Waals surface area (Å²) < 4.78 is 5.30. The molecule has 5 nitrogen and oxygen atoms in total. The van der Waals surface area contributed by atoms with Gasteiger partial charge in [0.1, 0.15) is 5.01 Å². The Labute approximate surface area is 174 Å². The third-order valence-electron chi connectivity index (χ3n) is 4.46. The van der Waals surface area contributed by atoms with Crippen molar-refractivity contribution in [3.63, 3.8) is 0 Å². The summed E-state index contributed by atoms with van der Waals surface area (Å²) in [6.45, 7) is 7.51. The second kappa shape index (κ2) is 9.01. The van der Waals surface area contributed by atoms with E-state index in [9.17, 15) is 9.59 Å². The number of esters is 1. The minimum Gasteiger partial charge on any atom is -0.452 e. The molecule has 0 aliphatic carbocycles. The molecule has 6 heteroatoms. The number of amides is 1. The van der Waals surface area contributed by atoms with Crippen molar-refractivity contribution in [1.29, 1.82) is 0 Å². The Balaban J connectivity index is 1.57. The molecule has 0 fully saturated rings. The molecule has 3 aromatic rings. The molecule has 1 amide bonds. The number of thiazole rings is 1. The summed E-state index contributed by atoms with van der Waals surface area (Å²) in [4.78, 5) is 29.1. The van der Waals surface area contributed by atoms with Crippen LogP contribution in [0.3, 0.4) is 0 Å². The van der Waals surface area contributed by atoms with Crippen LogP contribution in [0.2, 0.25) is 0 Å². The molecule has 0 saturated heterocycles. The van der Waals surface area contributed by atoms with Gasteiger partial charge in [0, 0.05) is 16.6 Å². The number of ether oxygens (including phenoxy) is 1. The van der Waals surface area contributed by atoms with Gasteiger partial charge in [-0.15, -0.1) is 11.3 Å². The zero-order chi connectivity index (χ0) is 21.0. The van der Waals surface area contributed by atoms with E-state index in [4.69, 9.17) is 4.74 Å². The van der Waals surface area contributed by atoms with Crippen molar-refractivity contribution in [1.82, 2.24) is 4.98 Å². The molecule has 29 heavy (non-hydrogen) atoms. The van der Waals surface area contributed by atoms with Crippen LogP contribution in [0.1, 0.15) is 29.3 Å². The summed E-state index contributed by atoms with van der Waals surface area (Å²) in [6, 6.07) is 13.8. The molecule has 2 aromatic carbocycles. The van der Waals surface area contributed by atoms with Crippen molar-refractivity contribution in [2.75, 3.05) is 5.32 Å². The third-order valence-corrected chi connectivity index (χ3v) is 5.40. The van der Waals surface area contributed by atoms with Gasteiger partial charge in [0.05, 0.1) is 12.1 Å². The van der Waals surface area contributed by atoms with Crippen LogP contribution in [0.4, 0.5) is 5.69 Å². The summed E-state index contributed by atoms with van der Waals surface area (Å²) in [5.41, 5.74) is 5.61. The summed E-state index contributed by atoms with van der Waals surface area (Å²) in [6.07, 6.45) is -0.859. The van der Waals surface area contributed by atoms with Crippen LogP contribution in [0.15, 0.2) is 47.8 Å². The molecule has 1 heterocycles. The minimum atomic E-state index is -0.891. The van der Waals surface area contributed by atoms with Crippen molar-refractivity contribution in [3.8, 4) is 10.6 Å². The van der Waals surface area contributed by atoms with Gasteiger partial charge in [0.15, 0.2) is 6.10 Å². The normalized spacial score (nSPS) is 11.7. The van der Waals surface area contributed by atoms with E-state index in [0.29, 0.717) is 11.4 Å². The molecule has 0 aliphatic heterocycles. The van der Waals surface area contributed by atoms with Crippen molar-refractivity contribution >= 4 is 28.9 Å². The van der Waals surface area contributed by atoms with E-state index in [-0.39, 0.29) is 12.3 Å². The lowest BCUT2D eigenvalue weighted by molar-refractivity contribution is -0.152. The standard InChI is InChI=1S/C23H24N2O3S/c1-14-6-5-7-18(11-14)23-24-19(13-29-23)12-21(26)28-17(4)22(27)25-20-9-8-15(2)10-16(20)3/h5-11,13,17H,12H2,1-4H3,(H,25,27)/t17-/m1/s1. The predicted molar refractivity (Wildman–Crippen MR) is 116 cm³/mol. The molecular formula is C23H24N2O3S.